The number of aliphatic hydroxyl groups excluding tert-OH is 1. The lowest BCUT2D eigenvalue weighted by atomic mass is 9.72. The van der Waals surface area contributed by atoms with E-state index in [-0.39, 0.29) is 5.92 Å². The molecule has 0 radical (unpaired) electrons. The molecule has 0 spiro atoms. The van der Waals surface area contributed by atoms with Crippen molar-refractivity contribution < 1.29 is 20.1 Å². The van der Waals surface area contributed by atoms with Crippen molar-refractivity contribution in [2.45, 2.75) is 56.7 Å². The molecule has 196 valence electrons. The van der Waals surface area contributed by atoms with Gasteiger partial charge < -0.3 is 20.2 Å². The fourth-order valence-electron chi connectivity index (χ4n) is 5.51. The minimum absolute atomic E-state index is 0.129. The van der Waals surface area contributed by atoms with E-state index in [2.05, 4.69) is 10.0 Å². The van der Waals surface area contributed by atoms with Crippen LogP contribution in [-0.4, -0.2) is 45.8 Å². The van der Waals surface area contributed by atoms with E-state index < -0.39 is 23.1 Å². The maximum atomic E-state index is 12.1. The van der Waals surface area contributed by atoms with Gasteiger partial charge >= 0.3 is 5.97 Å². The molecule has 0 unspecified atom stereocenters. The van der Waals surface area contributed by atoms with Gasteiger partial charge in [0.2, 0.25) is 0 Å². The fraction of sp³-hybridized carbons (Fsp3) is 0.406. The molecule has 37 heavy (non-hydrogen) atoms. The molecule has 3 N–H and O–H groups in total. The molecule has 4 rings (SSSR count). The third-order valence-electron chi connectivity index (χ3n) is 8.09. The maximum absolute atomic E-state index is 12.1. The fourth-order valence-corrected chi connectivity index (χ4v) is 5.51. The molecular weight excluding hydrogens is 462 g/mol. The molecule has 0 aliphatic carbocycles. The summed E-state index contributed by atoms with van der Waals surface area (Å²) >= 11 is 0. The maximum Gasteiger partial charge on any atom is 0.313 e. The van der Waals surface area contributed by atoms with E-state index >= 15 is 0 Å². The van der Waals surface area contributed by atoms with Crippen LogP contribution in [0, 0.1) is 5.92 Å². The van der Waals surface area contributed by atoms with Crippen LogP contribution in [0.5, 0.6) is 0 Å². The molecule has 0 bridgehead atoms. The summed E-state index contributed by atoms with van der Waals surface area (Å²) in [6.45, 7) is 6.18. The van der Waals surface area contributed by atoms with Gasteiger partial charge in [0.1, 0.15) is 5.60 Å². The summed E-state index contributed by atoms with van der Waals surface area (Å²) in [5.41, 5.74) is 1.53. The molecule has 1 aliphatic rings. The van der Waals surface area contributed by atoms with Gasteiger partial charge in [-0.25, -0.2) is 0 Å². The first-order valence-electron chi connectivity index (χ1n) is 13.7. The van der Waals surface area contributed by atoms with E-state index in [1.165, 1.54) is 0 Å². The molecule has 0 saturated carbocycles. The minimum Gasteiger partial charge on any atom is -0.481 e. The molecule has 1 heterocycles. The Hall–Kier alpha value is -2.99. The number of rotatable bonds is 10. The largest absolute Gasteiger partial charge is 0.481 e. The average Bonchev–Trinajstić information content (AvgIpc) is 2.97. The number of likely N-dealkylation sites (tertiary alicyclic amines) is 1. The minimum atomic E-state index is -1.01. The lowest BCUT2D eigenvalue weighted by molar-refractivity contribution is -0.142. The van der Waals surface area contributed by atoms with Crippen molar-refractivity contribution in [3.05, 3.63) is 107 Å². The van der Waals surface area contributed by atoms with E-state index in [0.717, 1.165) is 61.2 Å². The quantitative estimate of drug-likeness (QED) is 0.341. The molecule has 1 fully saturated rings. The molecule has 5 nitrogen and oxygen atoms in total. The zero-order valence-electron chi connectivity index (χ0n) is 22.8. The predicted octanol–water partition coefficient (Wildman–Crippen LogP) is 5.51. The first-order chi connectivity index (χ1) is 18.3. The number of aliphatic carboxylic acids is 1. The van der Waals surface area contributed by atoms with Crippen molar-refractivity contribution in [3.8, 4) is 0 Å². The van der Waals surface area contributed by atoms with Gasteiger partial charge in [0.05, 0.1) is 11.5 Å². The number of hydrogen-bond donors (Lipinski definition) is 3. The first kappa shape index (κ1) is 25.7. The predicted molar refractivity (Wildman–Crippen MR) is 146 cm³/mol. The van der Waals surface area contributed by atoms with Gasteiger partial charge in [-0.1, -0.05) is 84.9 Å². The number of nitrogens with zero attached hydrogens (tertiary/aromatic N) is 1. The topological polar surface area (TPSA) is 81.0 Å². The Morgan fingerprint density at radius 1 is 0.919 bits per heavy atom. The van der Waals surface area contributed by atoms with Crippen molar-refractivity contribution in [1.29, 1.82) is 1.43 Å². The zero-order valence-corrected chi connectivity index (χ0v) is 21.8. The lowest BCUT2D eigenvalue weighted by Crippen LogP contribution is -2.44. The van der Waals surface area contributed by atoms with E-state index in [0.29, 0.717) is 6.42 Å². The van der Waals surface area contributed by atoms with E-state index in [9.17, 15) is 15.0 Å². The van der Waals surface area contributed by atoms with Gasteiger partial charge in [0.25, 0.3) is 1.43 Å². The SMILES string of the molecule is [2H]OC(=O)C(C)(C)c1ccc([C@H](O)CCCN2CCC(C(O)(c3ccccc3)c3ccccc3)CC2)cc1. The van der Waals surface area contributed by atoms with Crippen LogP contribution in [0.3, 0.4) is 0 Å². The van der Waals surface area contributed by atoms with Crippen LogP contribution in [0.15, 0.2) is 84.9 Å². The summed E-state index contributed by atoms with van der Waals surface area (Å²) in [4.78, 5) is 14.3. The summed E-state index contributed by atoms with van der Waals surface area (Å²) in [5.74, 6) is -0.482. The van der Waals surface area contributed by atoms with Crippen LogP contribution < -0.4 is 0 Å². The van der Waals surface area contributed by atoms with Gasteiger partial charge in [-0.05, 0) is 87.3 Å². The van der Waals surface area contributed by atoms with Gasteiger partial charge in [-0.2, -0.15) is 0 Å². The second-order valence-corrected chi connectivity index (χ2v) is 10.8. The Morgan fingerprint density at radius 3 is 1.97 bits per heavy atom. The molecular formula is C32H39NO4. The second-order valence-electron chi connectivity index (χ2n) is 10.8. The standard InChI is InChI=1S/C32H39NO4/c1-31(2,30(35)36)25-17-15-24(16-18-25)29(34)14-9-21-33-22-19-28(20-23-33)32(37,26-10-5-3-6-11-26)27-12-7-4-8-13-27/h3-8,10-13,15-18,28-29,34,37H,9,14,19-23H2,1-2H3,(H,35,36)/t29-/m1/s1/i/hD. The number of carboxylic acids is 1. The second kappa shape index (κ2) is 11.6. The van der Waals surface area contributed by atoms with Crippen LogP contribution in [0.4, 0.5) is 0 Å². The highest BCUT2D eigenvalue weighted by Gasteiger charge is 2.41. The van der Waals surface area contributed by atoms with Crippen LogP contribution in [0.2, 0.25) is 0 Å². The van der Waals surface area contributed by atoms with Crippen molar-refractivity contribution in [2.75, 3.05) is 19.6 Å². The Morgan fingerprint density at radius 2 is 1.46 bits per heavy atom. The van der Waals surface area contributed by atoms with Crippen molar-refractivity contribution in [1.82, 2.24) is 4.90 Å². The van der Waals surface area contributed by atoms with Gasteiger partial charge in [-0.15, -0.1) is 0 Å². The van der Waals surface area contributed by atoms with E-state index in [4.69, 9.17) is 1.43 Å². The third-order valence-corrected chi connectivity index (χ3v) is 8.09. The normalized spacial score (nSPS) is 16.7. The summed E-state index contributed by atoms with van der Waals surface area (Å²) in [5, 5.41) is 27.0. The molecule has 0 aromatic heterocycles. The Balaban J connectivity index is 1.31. The molecule has 0 amide bonds. The summed E-state index contributed by atoms with van der Waals surface area (Å²) in [7, 11) is 0. The number of hydrogen-bond acceptors (Lipinski definition) is 5. The highest BCUT2D eigenvalue weighted by atomic mass is 16.4. The molecule has 1 saturated heterocycles. The average molecular weight is 503 g/mol. The van der Waals surface area contributed by atoms with Crippen molar-refractivity contribution in [2.24, 2.45) is 5.92 Å². The Kier molecular flexibility index (Phi) is 8.04. The van der Waals surface area contributed by atoms with Gasteiger partial charge in [0, 0.05) is 0 Å². The summed E-state index contributed by atoms with van der Waals surface area (Å²) in [6.07, 6.45) is 2.75. The molecule has 1 atom stereocenters. The highest BCUT2D eigenvalue weighted by Crippen LogP contribution is 2.42. The monoisotopic (exact) mass is 502 g/mol. The van der Waals surface area contributed by atoms with Crippen LogP contribution in [-0.2, 0) is 15.8 Å². The van der Waals surface area contributed by atoms with Crippen LogP contribution in [0.1, 0.15) is 67.9 Å². The lowest BCUT2D eigenvalue weighted by Gasteiger charge is -2.42. The number of carboxylic acid groups (broad SMARTS) is 1. The third kappa shape index (κ3) is 5.96. The Labute approximate surface area is 221 Å². The van der Waals surface area contributed by atoms with E-state index in [1.807, 2.05) is 84.9 Å². The van der Waals surface area contributed by atoms with Gasteiger partial charge in [0.15, 0.2) is 0 Å². The number of carbonyl (C=O) groups is 1. The molecule has 3 aromatic rings. The smallest absolute Gasteiger partial charge is 0.313 e. The molecule has 5 heteroatoms. The highest BCUT2D eigenvalue weighted by molar-refractivity contribution is 5.80. The first-order valence-corrected chi connectivity index (χ1v) is 13.3. The number of benzene rings is 3. The number of piperidine rings is 1. The van der Waals surface area contributed by atoms with Crippen molar-refractivity contribution >= 4 is 5.97 Å². The Bertz CT molecular complexity index is 1120. The van der Waals surface area contributed by atoms with Gasteiger partial charge in [-0.3, -0.25) is 4.79 Å². The van der Waals surface area contributed by atoms with Crippen LogP contribution in [0.25, 0.3) is 1.43 Å². The number of aliphatic hydroxyl groups is 2. The summed E-state index contributed by atoms with van der Waals surface area (Å²) < 4.78 is 6.90. The van der Waals surface area contributed by atoms with Crippen LogP contribution >= 0.6 is 0 Å². The van der Waals surface area contributed by atoms with Crippen molar-refractivity contribution in [3.63, 3.8) is 0 Å². The van der Waals surface area contributed by atoms with E-state index in [1.54, 1.807) is 13.8 Å². The molecule has 1 aliphatic heterocycles. The zero-order chi connectivity index (χ0) is 27.2. The molecule has 3 aromatic carbocycles. The summed E-state index contributed by atoms with van der Waals surface area (Å²) in [6, 6.07) is 27.3.